The van der Waals surface area contributed by atoms with Crippen molar-refractivity contribution in [3.8, 4) is 5.75 Å². The van der Waals surface area contributed by atoms with Crippen molar-refractivity contribution < 1.29 is 14.3 Å². The minimum atomic E-state index is -0.513. The molecule has 0 aromatic heterocycles. The highest BCUT2D eigenvalue weighted by Gasteiger charge is 2.38. The molecule has 2 fully saturated rings. The van der Waals surface area contributed by atoms with Gasteiger partial charge in [0.2, 0.25) is 5.91 Å². The van der Waals surface area contributed by atoms with Crippen LogP contribution in [-0.2, 0) is 9.53 Å². The van der Waals surface area contributed by atoms with Crippen LogP contribution in [0.5, 0.6) is 5.75 Å². The lowest BCUT2D eigenvalue weighted by molar-refractivity contribution is -0.130. The first-order valence-electron chi connectivity index (χ1n) is 8.58. The first-order valence-corrected chi connectivity index (χ1v) is 8.58. The Hall–Kier alpha value is -1.30. The lowest BCUT2D eigenvalue weighted by atomic mass is 9.79. The Labute approximate surface area is 149 Å². The van der Waals surface area contributed by atoms with Crippen LogP contribution in [0.2, 0.25) is 0 Å². The Morgan fingerprint density at radius 2 is 2.00 bits per heavy atom. The number of carbonyl (C=O) groups excluding carboxylic acids is 1. The van der Waals surface area contributed by atoms with E-state index in [1.165, 1.54) is 12.8 Å². The second-order valence-electron chi connectivity index (χ2n) is 6.60. The van der Waals surface area contributed by atoms with E-state index in [4.69, 9.17) is 15.2 Å². The van der Waals surface area contributed by atoms with Gasteiger partial charge < -0.3 is 20.5 Å². The number of halogens is 1. The normalized spacial score (nSPS) is 20.2. The standard InChI is InChI=1S/C18H26N2O3.ClH/c19-13-18(8-10-22-11-9-18)17(21)20-14-4-3-7-16(12-14)23-15-5-1-2-6-15;/h3-4,7,12,15H,1-2,5-6,8-11,13,19H2,(H,20,21);1H. The van der Waals surface area contributed by atoms with E-state index in [-0.39, 0.29) is 18.3 Å². The van der Waals surface area contributed by atoms with E-state index >= 15 is 0 Å². The largest absolute Gasteiger partial charge is 0.490 e. The van der Waals surface area contributed by atoms with Crippen molar-refractivity contribution in [2.75, 3.05) is 25.1 Å². The molecule has 0 bridgehead atoms. The molecule has 24 heavy (non-hydrogen) atoms. The fourth-order valence-corrected chi connectivity index (χ4v) is 3.40. The molecule has 3 rings (SSSR count). The molecular formula is C18H27ClN2O3. The summed E-state index contributed by atoms with van der Waals surface area (Å²) in [7, 11) is 0. The van der Waals surface area contributed by atoms with Crippen molar-refractivity contribution in [1.82, 2.24) is 0 Å². The smallest absolute Gasteiger partial charge is 0.232 e. The molecule has 6 heteroatoms. The van der Waals surface area contributed by atoms with E-state index < -0.39 is 5.41 Å². The minimum Gasteiger partial charge on any atom is -0.490 e. The topological polar surface area (TPSA) is 73.6 Å². The quantitative estimate of drug-likeness (QED) is 0.852. The van der Waals surface area contributed by atoms with Crippen LogP contribution in [0.15, 0.2) is 24.3 Å². The van der Waals surface area contributed by atoms with Crippen molar-refractivity contribution in [3.05, 3.63) is 24.3 Å². The Balaban J connectivity index is 0.00000208. The first-order chi connectivity index (χ1) is 11.2. The molecule has 1 saturated heterocycles. The van der Waals surface area contributed by atoms with E-state index in [0.717, 1.165) is 24.3 Å². The molecule has 0 atom stereocenters. The van der Waals surface area contributed by atoms with E-state index in [2.05, 4.69) is 5.32 Å². The number of anilines is 1. The van der Waals surface area contributed by atoms with Crippen LogP contribution in [0.1, 0.15) is 38.5 Å². The molecule has 1 aromatic rings. The number of nitrogens with one attached hydrogen (secondary N) is 1. The van der Waals surface area contributed by atoms with Crippen LogP contribution in [0, 0.1) is 5.41 Å². The van der Waals surface area contributed by atoms with E-state index in [1.807, 2.05) is 24.3 Å². The number of rotatable bonds is 5. The number of hydrogen-bond acceptors (Lipinski definition) is 4. The maximum Gasteiger partial charge on any atom is 0.232 e. The monoisotopic (exact) mass is 354 g/mol. The Kier molecular flexibility index (Phi) is 6.90. The number of carbonyl (C=O) groups is 1. The molecule has 0 unspecified atom stereocenters. The first kappa shape index (κ1) is 19.0. The Bertz CT molecular complexity index is 541. The van der Waals surface area contributed by atoms with Gasteiger partial charge in [0, 0.05) is 31.5 Å². The van der Waals surface area contributed by atoms with Gasteiger partial charge in [-0.2, -0.15) is 0 Å². The van der Waals surface area contributed by atoms with Gasteiger partial charge in [-0.25, -0.2) is 0 Å². The molecule has 3 N–H and O–H groups in total. The molecule has 1 saturated carbocycles. The zero-order valence-corrected chi connectivity index (χ0v) is 14.8. The predicted molar refractivity (Wildman–Crippen MR) is 96.7 cm³/mol. The van der Waals surface area contributed by atoms with Crippen LogP contribution in [0.3, 0.4) is 0 Å². The lowest BCUT2D eigenvalue weighted by Gasteiger charge is -2.34. The van der Waals surface area contributed by atoms with Crippen LogP contribution >= 0.6 is 12.4 Å². The second kappa shape index (κ2) is 8.70. The fourth-order valence-electron chi connectivity index (χ4n) is 3.40. The predicted octanol–water partition coefficient (Wildman–Crippen LogP) is 3.12. The van der Waals surface area contributed by atoms with Gasteiger partial charge in [0.25, 0.3) is 0 Å². The SMILES string of the molecule is Cl.NCC1(C(=O)Nc2cccc(OC3CCCC3)c2)CCOCC1. The van der Waals surface area contributed by atoms with E-state index in [1.54, 1.807) is 0 Å². The fraction of sp³-hybridized carbons (Fsp3) is 0.611. The number of hydrogen-bond donors (Lipinski definition) is 2. The highest BCUT2D eigenvalue weighted by molar-refractivity contribution is 5.95. The molecule has 0 radical (unpaired) electrons. The zero-order chi connectivity index (χ0) is 16.1. The Morgan fingerprint density at radius 3 is 2.67 bits per heavy atom. The zero-order valence-electron chi connectivity index (χ0n) is 14.0. The van der Waals surface area contributed by atoms with Gasteiger partial charge in [0.1, 0.15) is 5.75 Å². The van der Waals surface area contributed by atoms with Gasteiger partial charge >= 0.3 is 0 Å². The molecule has 1 aliphatic carbocycles. The summed E-state index contributed by atoms with van der Waals surface area (Å²) in [5.41, 5.74) is 6.15. The summed E-state index contributed by atoms with van der Waals surface area (Å²) in [5, 5.41) is 3.01. The van der Waals surface area contributed by atoms with Gasteiger partial charge in [-0.15, -0.1) is 12.4 Å². The molecule has 1 aromatic carbocycles. The molecular weight excluding hydrogens is 328 g/mol. The van der Waals surface area contributed by atoms with Gasteiger partial charge in [0.05, 0.1) is 11.5 Å². The summed E-state index contributed by atoms with van der Waals surface area (Å²) in [6.45, 7) is 1.53. The third-order valence-electron chi connectivity index (χ3n) is 5.02. The van der Waals surface area contributed by atoms with Crippen LogP contribution < -0.4 is 15.8 Å². The van der Waals surface area contributed by atoms with Gasteiger partial charge in [-0.05, 0) is 50.7 Å². The summed E-state index contributed by atoms with van der Waals surface area (Å²) >= 11 is 0. The number of amides is 1. The third kappa shape index (κ3) is 4.41. The van der Waals surface area contributed by atoms with Gasteiger partial charge in [-0.1, -0.05) is 6.07 Å². The van der Waals surface area contributed by atoms with Crippen LogP contribution in [0.4, 0.5) is 5.69 Å². The van der Waals surface area contributed by atoms with Crippen molar-refractivity contribution >= 4 is 24.0 Å². The molecule has 0 spiro atoms. The molecule has 134 valence electrons. The van der Waals surface area contributed by atoms with Crippen molar-refractivity contribution in [3.63, 3.8) is 0 Å². The molecule has 5 nitrogen and oxygen atoms in total. The van der Waals surface area contributed by atoms with Crippen LogP contribution in [-0.4, -0.2) is 31.8 Å². The minimum absolute atomic E-state index is 0. The number of benzene rings is 1. The second-order valence-corrected chi connectivity index (χ2v) is 6.60. The van der Waals surface area contributed by atoms with E-state index in [0.29, 0.717) is 38.7 Å². The third-order valence-corrected chi connectivity index (χ3v) is 5.02. The van der Waals surface area contributed by atoms with Gasteiger partial charge in [0.15, 0.2) is 0 Å². The van der Waals surface area contributed by atoms with Crippen molar-refractivity contribution in [2.24, 2.45) is 11.1 Å². The highest BCUT2D eigenvalue weighted by Crippen LogP contribution is 2.32. The summed E-state index contributed by atoms with van der Waals surface area (Å²) in [6, 6.07) is 7.66. The van der Waals surface area contributed by atoms with Gasteiger partial charge in [-0.3, -0.25) is 4.79 Å². The molecule has 1 amide bonds. The molecule has 1 heterocycles. The van der Waals surface area contributed by atoms with Crippen molar-refractivity contribution in [1.29, 1.82) is 0 Å². The summed E-state index contributed by atoms with van der Waals surface area (Å²) < 4.78 is 11.4. The maximum atomic E-state index is 12.7. The van der Waals surface area contributed by atoms with Crippen LogP contribution in [0.25, 0.3) is 0 Å². The average Bonchev–Trinajstić information content (AvgIpc) is 3.08. The summed E-state index contributed by atoms with van der Waals surface area (Å²) in [6.07, 6.45) is 6.37. The highest BCUT2D eigenvalue weighted by atomic mass is 35.5. The summed E-state index contributed by atoms with van der Waals surface area (Å²) in [5.74, 6) is 0.810. The molecule has 1 aliphatic heterocycles. The number of nitrogens with two attached hydrogens (primary N) is 1. The Morgan fingerprint density at radius 1 is 1.29 bits per heavy atom. The van der Waals surface area contributed by atoms with Crippen molar-refractivity contribution in [2.45, 2.75) is 44.6 Å². The number of ether oxygens (including phenoxy) is 2. The lowest BCUT2D eigenvalue weighted by Crippen LogP contribution is -2.46. The maximum absolute atomic E-state index is 12.7. The van der Waals surface area contributed by atoms with E-state index in [9.17, 15) is 4.79 Å². The molecule has 2 aliphatic rings. The average molecular weight is 355 g/mol. The summed E-state index contributed by atoms with van der Waals surface area (Å²) in [4.78, 5) is 12.7.